The van der Waals surface area contributed by atoms with Crippen LogP contribution in [0.1, 0.15) is 54.9 Å². The van der Waals surface area contributed by atoms with Gasteiger partial charge in [0.05, 0.1) is 0 Å². The van der Waals surface area contributed by atoms with Crippen molar-refractivity contribution >= 4 is 29.8 Å². The Balaban J connectivity index is 2.02. The lowest BCUT2D eigenvalue weighted by atomic mass is 10.1. The van der Waals surface area contributed by atoms with Crippen LogP contribution >= 0.6 is 0 Å². The molecule has 0 saturated carbocycles. The first-order valence-corrected chi connectivity index (χ1v) is 9.13. The lowest BCUT2D eigenvalue weighted by molar-refractivity contribution is -0.125. The van der Waals surface area contributed by atoms with Gasteiger partial charge in [0, 0.05) is 42.2 Å². The van der Waals surface area contributed by atoms with Crippen molar-refractivity contribution in [2.45, 2.75) is 51.6 Å². The number of carbonyl (C=O) groups excluding carboxylic acids is 4. The molecule has 2 rings (SSSR count). The van der Waals surface area contributed by atoms with Gasteiger partial charge in [-0.1, -0.05) is 6.07 Å². The highest BCUT2D eigenvalue weighted by Crippen LogP contribution is 2.31. The summed E-state index contributed by atoms with van der Waals surface area (Å²) in [6.07, 6.45) is 2.86. The van der Waals surface area contributed by atoms with E-state index >= 15 is 0 Å². The molecule has 1 aliphatic heterocycles. The number of imide groups is 1. The molecule has 27 heavy (non-hydrogen) atoms. The third-order valence-corrected chi connectivity index (χ3v) is 4.67. The van der Waals surface area contributed by atoms with Gasteiger partial charge in [0.2, 0.25) is 18.2 Å². The van der Waals surface area contributed by atoms with Crippen LogP contribution in [0.2, 0.25) is 0 Å². The predicted molar refractivity (Wildman–Crippen MR) is 101 cm³/mol. The van der Waals surface area contributed by atoms with E-state index in [1.807, 2.05) is 6.92 Å². The highest BCUT2D eigenvalue weighted by molar-refractivity contribution is 6.02. The Bertz CT molecular complexity index is 720. The first-order valence-electron chi connectivity index (χ1n) is 9.13. The summed E-state index contributed by atoms with van der Waals surface area (Å²) in [7, 11) is 0. The van der Waals surface area contributed by atoms with Crippen molar-refractivity contribution in [3.63, 3.8) is 0 Å². The number of fused-ring (bicyclic) bond motifs is 1. The van der Waals surface area contributed by atoms with Gasteiger partial charge in [-0.2, -0.15) is 0 Å². The van der Waals surface area contributed by atoms with Gasteiger partial charge in [-0.05, 0) is 44.9 Å². The quantitative estimate of drug-likeness (QED) is 0.419. The van der Waals surface area contributed by atoms with Crippen molar-refractivity contribution in [1.29, 1.82) is 0 Å². The number of benzene rings is 1. The third kappa shape index (κ3) is 5.37. The molecule has 0 spiro atoms. The molecule has 0 fully saturated rings. The van der Waals surface area contributed by atoms with E-state index < -0.39 is 0 Å². The van der Waals surface area contributed by atoms with Crippen LogP contribution in [0, 0.1) is 0 Å². The van der Waals surface area contributed by atoms with E-state index in [0.29, 0.717) is 43.6 Å². The van der Waals surface area contributed by atoms with Gasteiger partial charge >= 0.3 is 0 Å². The van der Waals surface area contributed by atoms with Crippen molar-refractivity contribution in [3.8, 4) is 0 Å². The summed E-state index contributed by atoms with van der Waals surface area (Å²) in [6.45, 7) is 2.80. The fourth-order valence-electron chi connectivity index (χ4n) is 3.10. The van der Waals surface area contributed by atoms with Crippen molar-refractivity contribution in [1.82, 2.24) is 10.2 Å². The van der Waals surface area contributed by atoms with Crippen LogP contribution in [0.5, 0.6) is 0 Å². The number of unbranched alkanes of at least 4 members (excludes halogenated alkanes) is 1. The van der Waals surface area contributed by atoms with Crippen LogP contribution in [0.15, 0.2) is 18.2 Å². The first-order chi connectivity index (χ1) is 13.0. The molecule has 0 saturated heterocycles. The second-order valence-corrected chi connectivity index (χ2v) is 6.63. The Labute approximate surface area is 158 Å². The number of nitrogens with zero attached hydrogens (tertiary/aromatic N) is 1. The largest absolute Gasteiger partial charge is 0.331 e. The fraction of sp³-hybridized carbons (Fsp3) is 0.474. The summed E-state index contributed by atoms with van der Waals surface area (Å²) >= 11 is 0. The minimum atomic E-state index is -0.369. The van der Waals surface area contributed by atoms with Gasteiger partial charge in [-0.15, -0.1) is 0 Å². The van der Waals surface area contributed by atoms with Crippen LogP contribution in [0.4, 0.5) is 5.69 Å². The van der Waals surface area contributed by atoms with E-state index in [0.717, 1.165) is 18.4 Å². The van der Waals surface area contributed by atoms with Gasteiger partial charge in [-0.3, -0.25) is 24.5 Å². The number of rotatable bonds is 10. The van der Waals surface area contributed by atoms with Crippen LogP contribution in [0.3, 0.4) is 0 Å². The number of hydrogen-bond acceptors (Lipinski definition) is 5. The van der Waals surface area contributed by atoms with E-state index in [1.165, 1.54) is 0 Å². The topological polar surface area (TPSA) is 122 Å². The van der Waals surface area contributed by atoms with Crippen molar-refractivity contribution in [2.75, 3.05) is 11.9 Å². The minimum Gasteiger partial charge on any atom is -0.331 e. The summed E-state index contributed by atoms with van der Waals surface area (Å²) in [5.41, 5.74) is 7.45. The van der Waals surface area contributed by atoms with Crippen molar-refractivity contribution in [2.24, 2.45) is 5.73 Å². The summed E-state index contributed by atoms with van der Waals surface area (Å²) in [4.78, 5) is 48.2. The van der Waals surface area contributed by atoms with Crippen LogP contribution in [0.25, 0.3) is 0 Å². The fourth-order valence-corrected chi connectivity index (χ4v) is 3.10. The standard InChI is InChI=1S/C19H26N4O4/c1-13(8-9-17(25)21-12-24)23-11-15-14(19(23)27)5-4-6-16(15)22-18(26)7-2-3-10-20/h4-6,12-13H,2-3,7-11,20H2,1H3,(H,22,26)(H,21,24,25). The first kappa shape index (κ1) is 20.6. The molecule has 1 unspecified atom stereocenters. The minimum absolute atomic E-state index is 0.0960. The predicted octanol–water partition coefficient (Wildman–Crippen LogP) is 1.15. The Kier molecular flexibility index (Phi) is 7.48. The molecule has 4 amide bonds. The van der Waals surface area contributed by atoms with Crippen molar-refractivity contribution in [3.05, 3.63) is 29.3 Å². The van der Waals surface area contributed by atoms with Gasteiger partial charge in [0.25, 0.3) is 5.91 Å². The number of anilines is 1. The van der Waals surface area contributed by atoms with E-state index in [4.69, 9.17) is 5.73 Å². The zero-order chi connectivity index (χ0) is 19.8. The van der Waals surface area contributed by atoms with E-state index in [-0.39, 0.29) is 30.2 Å². The van der Waals surface area contributed by atoms with Gasteiger partial charge in [0.1, 0.15) is 0 Å². The molecule has 0 bridgehead atoms. The summed E-state index contributed by atoms with van der Waals surface area (Å²) < 4.78 is 0. The molecule has 1 atom stereocenters. The zero-order valence-electron chi connectivity index (χ0n) is 15.5. The second-order valence-electron chi connectivity index (χ2n) is 6.63. The Morgan fingerprint density at radius 2 is 2.04 bits per heavy atom. The summed E-state index contributed by atoms with van der Waals surface area (Å²) in [5.74, 6) is -0.583. The van der Waals surface area contributed by atoms with Gasteiger partial charge < -0.3 is 16.0 Å². The summed E-state index contributed by atoms with van der Waals surface area (Å²) in [6, 6.07) is 5.11. The van der Waals surface area contributed by atoms with Crippen LogP contribution in [-0.2, 0) is 20.9 Å². The number of carbonyl (C=O) groups is 4. The van der Waals surface area contributed by atoms with Crippen LogP contribution in [-0.4, -0.2) is 41.6 Å². The number of nitrogens with two attached hydrogens (primary N) is 1. The molecule has 146 valence electrons. The van der Waals surface area contributed by atoms with E-state index in [1.54, 1.807) is 23.1 Å². The maximum Gasteiger partial charge on any atom is 0.254 e. The Hall–Kier alpha value is -2.74. The molecule has 0 radical (unpaired) electrons. The molecule has 1 heterocycles. The Morgan fingerprint density at radius 1 is 1.26 bits per heavy atom. The summed E-state index contributed by atoms with van der Waals surface area (Å²) in [5, 5.41) is 4.98. The zero-order valence-corrected chi connectivity index (χ0v) is 15.5. The molecule has 1 aromatic rings. The maximum absolute atomic E-state index is 12.7. The molecule has 4 N–H and O–H groups in total. The lowest BCUT2D eigenvalue weighted by Crippen LogP contribution is -2.34. The van der Waals surface area contributed by atoms with Gasteiger partial charge in [0.15, 0.2) is 0 Å². The third-order valence-electron chi connectivity index (χ3n) is 4.67. The number of hydrogen-bond donors (Lipinski definition) is 3. The highest BCUT2D eigenvalue weighted by atomic mass is 16.2. The average Bonchev–Trinajstić information content (AvgIpc) is 2.98. The highest BCUT2D eigenvalue weighted by Gasteiger charge is 2.32. The monoisotopic (exact) mass is 374 g/mol. The smallest absolute Gasteiger partial charge is 0.254 e. The second kappa shape index (κ2) is 9.82. The van der Waals surface area contributed by atoms with Gasteiger partial charge in [-0.25, -0.2) is 0 Å². The van der Waals surface area contributed by atoms with Crippen LogP contribution < -0.4 is 16.4 Å². The molecule has 0 aliphatic carbocycles. The average molecular weight is 374 g/mol. The molecule has 1 aliphatic rings. The SMILES string of the molecule is CC(CCC(=O)NC=O)N1Cc2c(NC(=O)CCCCN)cccc2C1=O. The number of nitrogens with one attached hydrogen (secondary N) is 2. The van der Waals surface area contributed by atoms with Crippen molar-refractivity contribution < 1.29 is 19.2 Å². The molecular weight excluding hydrogens is 348 g/mol. The van der Waals surface area contributed by atoms with E-state index in [2.05, 4.69) is 10.6 Å². The Morgan fingerprint density at radius 3 is 2.74 bits per heavy atom. The molecule has 8 heteroatoms. The molecular formula is C19H26N4O4. The molecule has 1 aromatic carbocycles. The molecule has 8 nitrogen and oxygen atoms in total. The number of amides is 4. The lowest BCUT2D eigenvalue weighted by Gasteiger charge is -2.24. The normalized spacial score (nSPS) is 13.9. The van der Waals surface area contributed by atoms with E-state index in [9.17, 15) is 19.2 Å². The molecule has 0 aromatic heterocycles. The maximum atomic E-state index is 12.7.